The van der Waals surface area contributed by atoms with Crippen LogP contribution in [0, 0.1) is 0 Å². The molecule has 0 amide bonds. The topological polar surface area (TPSA) is 38.7 Å². The molecule has 1 rings (SSSR count). The highest BCUT2D eigenvalue weighted by molar-refractivity contribution is 7.41. The lowest BCUT2D eigenvalue weighted by atomic mass is 9.86. The molecule has 0 heterocycles. The van der Waals surface area contributed by atoms with Crippen LogP contribution in [0.5, 0.6) is 5.75 Å². The first-order valence-electron chi connectivity index (χ1n) is 8.34. The van der Waals surface area contributed by atoms with Crippen LogP contribution in [0.15, 0.2) is 24.3 Å². The third-order valence-electron chi connectivity index (χ3n) is 3.57. The molecule has 0 fully saturated rings. The van der Waals surface area contributed by atoms with E-state index < -0.39 is 8.60 Å². The Morgan fingerprint density at radius 3 is 2.32 bits per heavy atom. The van der Waals surface area contributed by atoms with Gasteiger partial charge in [-0.25, -0.2) is 0 Å². The summed E-state index contributed by atoms with van der Waals surface area (Å²) in [6.07, 6.45) is 7.24. The van der Waals surface area contributed by atoms with E-state index in [1.54, 1.807) is 0 Å². The molecule has 0 aromatic heterocycles. The maximum absolute atomic E-state index is 9.95. The highest BCUT2D eigenvalue weighted by Gasteiger charge is 2.20. The Morgan fingerprint density at radius 1 is 1.00 bits per heavy atom. The molecular weight excluding hydrogens is 295 g/mol. The van der Waals surface area contributed by atoms with E-state index in [0.717, 1.165) is 18.4 Å². The monoisotopic (exact) mass is 326 g/mol. The Balaban J connectivity index is 2.32. The minimum Gasteiger partial charge on any atom is -0.427 e. The molecule has 126 valence electrons. The summed E-state index contributed by atoms with van der Waals surface area (Å²) >= 11 is 0. The lowest BCUT2D eigenvalue weighted by Gasteiger charge is -2.23. The van der Waals surface area contributed by atoms with E-state index in [9.17, 15) is 4.89 Å². The van der Waals surface area contributed by atoms with Gasteiger partial charge >= 0.3 is 8.60 Å². The first-order chi connectivity index (χ1) is 10.4. The predicted octanol–water partition coefficient (Wildman–Crippen LogP) is 5.96. The second-order valence-electron chi connectivity index (χ2n) is 6.68. The summed E-state index contributed by atoms with van der Waals surface area (Å²) in [6.45, 7) is 9.17. The molecule has 0 aliphatic rings. The second kappa shape index (κ2) is 10.2. The summed E-state index contributed by atoms with van der Waals surface area (Å²) in [4.78, 5) is 9.95. The SMILES string of the molecule is CCCCCCCCOP(O)Oc1ccccc1C(C)(C)C. The minimum atomic E-state index is -1.85. The average Bonchev–Trinajstić information content (AvgIpc) is 2.46. The number of hydrogen-bond acceptors (Lipinski definition) is 3. The molecule has 1 aromatic carbocycles. The Bertz CT molecular complexity index is 415. The fraction of sp³-hybridized carbons (Fsp3) is 0.667. The summed E-state index contributed by atoms with van der Waals surface area (Å²) in [7, 11) is -1.85. The largest absolute Gasteiger partial charge is 0.427 e. The zero-order valence-electron chi connectivity index (χ0n) is 14.5. The summed E-state index contributed by atoms with van der Waals surface area (Å²) < 4.78 is 11.0. The number of unbranched alkanes of at least 4 members (excludes halogenated alkanes) is 5. The first kappa shape index (κ1) is 19.4. The van der Waals surface area contributed by atoms with Crippen LogP contribution in [0.25, 0.3) is 0 Å². The third-order valence-corrected chi connectivity index (χ3v) is 4.33. The molecule has 22 heavy (non-hydrogen) atoms. The van der Waals surface area contributed by atoms with Gasteiger partial charge in [-0.05, 0) is 23.5 Å². The van der Waals surface area contributed by atoms with Gasteiger partial charge in [-0.15, -0.1) is 0 Å². The quantitative estimate of drug-likeness (QED) is 0.426. The van der Waals surface area contributed by atoms with Crippen LogP contribution in [0.2, 0.25) is 0 Å². The van der Waals surface area contributed by atoms with Crippen LogP contribution in [0.3, 0.4) is 0 Å². The molecule has 1 N–H and O–H groups in total. The van der Waals surface area contributed by atoms with Gasteiger partial charge in [0.1, 0.15) is 5.75 Å². The van der Waals surface area contributed by atoms with Gasteiger partial charge in [0.05, 0.1) is 6.61 Å². The van der Waals surface area contributed by atoms with Crippen molar-refractivity contribution in [3.8, 4) is 5.75 Å². The van der Waals surface area contributed by atoms with Crippen molar-refractivity contribution in [1.82, 2.24) is 0 Å². The lowest BCUT2D eigenvalue weighted by molar-refractivity contribution is 0.252. The predicted molar refractivity (Wildman–Crippen MR) is 94.2 cm³/mol. The van der Waals surface area contributed by atoms with Crippen LogP contribution in [-0.4, -0.2) is 11.5 Å². The minimum absolute atomic E-state index is 0.0218. The van der Waals surface area contributed by atoms with Crippen LogP contribution >= 0.6 is 8.60 Å². The van der Waals surface area contributed by atoms with E-state index in [-0.39, 0.29) is 5.41 Å². The van der Waals surface area contributed by atoms with Gasteiger partial charge in [0, 0.05) is 0 Å². The lowest BCUT2D eigenvalue weighted by Crippen LogP contribution is -2.12. The van der Waals surface area contributed by atoms with Crippen LogP contribution in [-0.2, 0) is 9.94 Å². The molecule has 0 saturated carbocycles. The first-order valence-corrected chi connectivity index (χ1v) is 9.47. The Morgan fingerprint density at radius 2 is 1.64 bits per heavy atom. The zero-order valence-corrected chi connectivity index (χ0v) is 15.4. The Kier molecular flexibility index (Phi) is 9.00. The number of rotatable bonds is 10. The molecule has 0 spiro atoms. The molecular formula is C18H31O3P. The standard InChI is InChI=1S/C18H31O3P/c1-5-6-7-8-9-12-15-20-22(19)21-17-14-11-10-13-16(17)18(2,3)4/h10-11,13-14,19H,5-9,12,15H2,1-4H3. The van der Waals surface area contributed by atoms with Crippen LogP contribution < -0.4 is 4.52 Å². The normalized spacial score (nSPS) is 13.1. The Hall–Kier alpha value is -0.630. The maximum Gasteiger partial charge on any atom is 0.394 e. The van der Waals surface area contributed by atoms with E-state index in [1.165, 1.54) is 25.7 Å². The van der Waals surface area contributed by atoms with E-state index in [1.807, 2.05) is 24.3 Å². The number of hydrogen-bond donors (Lipinski definition) is 1. The molecule has 0 aliphatic heterocycles. The van der Waals surface area contributed by atoms with E-state index in [4.69, 9.17) is 9.05 Å². The van der Waals surface area contributed by atoms with Gasteiger partial charge in [0.25, 0.3) is 0 Å². The third kappa shape index (κ3) is 7.58. The molecule has 0 bridgehead atoms. The van der Waals surface area contributed by atoms with Crippen molar-refractivity contribution in [2.75, 3.05) is 6.61 Å². The van der Waals surface area contributed by atoms with Gasteiger partial charge in [0.2, 0.25) is 0 Å². The van der Waals surface area contributed by atoms with Crippen LogP contribution in [0.4, 0.5) is 0 Å². The van der Waals surface area contributed by atoms with E-state index >= 15 is 0 Å². The van der Waals surface area contributed by atoms with Gasteiger partial charge < -0.3 is 13.9 Å². The molecule has 3 nitrogen and oxygen atoms in total. The van der Waals surface area contributed by atoms with Crippen molar-refractivity contribution < 1.29 is 13.9 Å². The van der Waals surface area contributed by atoms with Crippen LogP contribution in [0.1, 0.15) is 71.8 Å². The Labute approximate surface area is 137 Å². The van der Waals surface area contributed by atoms with Gasteiger partial charge in [0.15, 0.2) is 0 Å². The summed E-state index contributed by atoms with van der Waals surface area (Å²) in [6, 6.07) is 7.83. The zero-order chi connectivity index (χ0) is 16.4. The number of benzene rings is 1. The highest BCUT2D eigenvalue weighted by atomic mass is 31.2. The maximum atomic E-state index is 9.95. The summed E-state index contributed by atoms with van der Waals surface area (Å²) in [5.41, 5.74) is 1.06. The van der Waals surface area contributed by atoms with Crippen molar-refractivity contribution in [3.05, 3.63) is 29.8 Å². The molecule has 0 radical (unpaired) electrons. The molecule has 0 aliphatic carbocycles. The average molecular weight is 326 g/mol. The van der Waals surface area contributed by atoms with Gasteiger partial charge in [-0.2, -0.15) is 0 Å². The van der Waals surface area contributed by atoms with E-state index in [0.29, 0.717) is 12.4 Å². The fourth-order valence-corrected chi connectivity index (χ4v) is 2.97. The van der Waals surface area contributed by atoms with Crippen molar-refractivity contribution >= 4 is 8.60 Å². The fourth-order valence-electron chi connectivity index (χ4n) is 2.30. The van der Waals surface area contributed by atoms with Gasteiger partial charge in [-0.1, -0.05) is 78.0 Å². The van der Waals surface area contributed by atoms with Crippen molar-refractivity contribution in [1.29, 1.82) is 0 Å². The van der Waals surface area contributed by atoms with Crippen molar-refractivity contribution in [2.24, 2.45) is 0 Å². The molecule has 0 saturated heterocycles. The smallest absolute Gasteiger partial charge is 0.394 e. The summed E-state index contributed by atoms with van der Waals surface area (Å²) in [5, 5.41) is 0. The molecule has 1 atom stereocenters. The number of para-hydroxylation sites is 1. The molecule has 1 unspecified atom stereocenters. The van der Waals surface area contributed by atoms with Crippen molar-refractivity contribution in [3.63, 3.8) is 0 Å². The molecule has 4 heteroatoms. The molecule has 1 aromatic rings. The van der Waals surface area contributed by atoms with Crippen molar-refractivity contribution in [2.45, 2.75) is 71.6 Å². The van der Waals surface area contributed by atoms with E-state index in [2.05, 4.69) is 27.7 Å². The highest BCUT2D eigenvalue weighted by Crippen LogP contribution is 2.40. The summed E-state index contributed by atoms with van der Waals surface area (Å²) in [5.74, 6) is 0.714. The van der Waals surface area contributed by atoms with Gasteiger partial charge in [-0.3, -0.25) is 0 Å². The second-order valence-corrected chi connectivity index (χ2v) is 7.59.